The zero-order chi connectivity index (χ0) is 7.98. The maximum absolute atomic E-state index is 10.6. The zero-order valence-electron chi connectivity index (χ0n) is 6.81. The number of amides is 1. The Bertz CT molecular complexity index is 104. The van der Waals surface area contributed by atoms with E-state index in [0.29, 0.717) is 13.2 Å². The first-order chi connectivity index (χ1) is 4.80. The summed E-state index contributed by atoms with van der Waals surface area (Å²) in [5, 5.41) is 2.67. The van der Waals surface area contributed by atoms with Gasteiger partial charge in [-0.25, -0.2) is 0 Å². The molecule has 1 rings (SSSR count). The molecule has 0 spiro atoms. The number of carbonyl (C=O) groups excluding carboxylic acids is 1. The fourth-order valence-electron chi connectivity index (χ4n) is 0.629. The van der Waals surface area contributed by atoms with Crippen molar-refractivity contribution in [2.45, 2.75) is 26.9 Å². The quantitative estimate of drug-likeness (QED) is 0.540. The van der Waals surface area contributed by atoms with Gasteiger partial charge in [0, 0.05) is 6.54 Å². The van der Waals surface area contributed by atoms with E-state index in [2.05, 4.69) is 5.32 Å². The second kappa shape index (κ2) is 5.23. The number of hydrogen-bond donors (Lipinski definition) is 1. The minimum Gasteiger partial charge on any atom is -0.367 e. The van der Waals surface area contributed by atoms with E-state index in [1.165, 1.54) is 0 Å². The Balaban J connectivity index is 0.000000371. The second-order valence-corrected chi connectivity index (χ2v) is 1.80. The van der Waals surface area contributed by atoms with E-state index < -0.39 is 0 Å². The summed E-state index contributed by atoms with van der Waals surface area (Å²) < 4.78 is 4.98. The average Bonchev–Trinajstić information content (AvgIpc) is 2.00. The highest BCUT2D eigenvalue weighted by molar-refractivity contribution is 5.80. The third kappa shape index (κ3) is 2.82. The second-order valence-electron chi connectivity index (χ2n) is 1.80. The predicted octanol–water partition coefficient (Wildman–Crippen LogP) is 0.547. The van der Waals surface area contributed by atoms with Gasteiger partial charge in [0.25, 0.3) is 0 Å². The van der Waals surface area contributed by atoms with Crippen LogP contribution in [0.5, 0.6) is 0 Å². The third-order valence-corrected chi connectivity index (χ3v) is 1.14. The van der Waals surface area contributed by atoms with Crippen molar-refractivity contribution >= 4 is 5.91 Å². The summed E-state index contributed by atoms with van der Waals surface area (Å²) in [5.74, 6) is -0.00347. The predicted molar refractivity (Wildman–Crippen MR) is 39.8 cm³/mol. The van der Waals surface area contributed by atoms with Crippen LogP contribution in [-0.2, 0) is 9.53 Å². The molecule has 0 aromatic carbocycles. The lowest BCUT2D eigenvalue weighted by Gasteiger charge is -2.18. The molecular weight excluding hydrogens is 130 g/mol. The van der Waals surface area contributed by atoms with Crippen molar-refractivity contribution in [3.05, 3.63) is 0 Å². The van der Waals surface area contributed by atoms with Crippen molar-refractivity contribution in [3.63, 3.8) is 0 Å². The van der Waals surface area contributed by atoms with Gasteiger partial charge >= 0.3 is 0 Å². The lowest BCUT2D eigenvalue weighted by molar-refractivity contribution is -0.136. The third-order valence-electron chi connectivity index (χ3n) is 1.14. The van der Waals surface area contributed by atoms with Crippen LogP contribution in [-0.4, -0.2) is 25.2 Å². The van der Waals surface area contributed by atoms with E-state index >= 15 is 0 Å². The minimum absolute atomic E-state index is 0.00347. The number of morpholine rings is 1. The Labute approximate surface area is 61.8 Å². The minimum atomic E-state index is -0.247. The monoisotopic (exact) mass is 145 g/mol. The molecule has 0 aliphatic carbocycles. The van der Waals surface area contributed by atoms with Gasteiger partial charge in [-0.3, -0.25) is 4.79 Å². The van der Waals surface area contributed by atoms with E-state index in [0.717, 1.165) is 0 Å². The lowest BCUT2D eigenvalue weighted by atomic mass is 10.3. The molecule has 0 unspecified atom stereocenters. The summed E-state index contributed by atoms with van der Waals surface area (Å²) in [6, 6.07) is 0. The Hall–Kier alpha value is -0.570. The van der Waals surface area contributed by atoms with Gasteiger partial charge in [0.2, 0.25) is 5.91 Å². The molecule has 60 valence electrons. The molecule has 0 aromatic heterocycles. The van der Waals surface area contributed by atoms with Crippen molar-refractivity contribution in [1.82, 2.24) is 5.32 Å². The van der Waals surface area contributed by atoms with Gasteiger partial charge in [0.05, 0.1) is 6.61 Å². The molecule has 1 amide bonds. The van der Waals surface area contributed by atoms with Crippen molar-refractivity contribution in [2.75, 3.05) is 13.2 Å². The zero-order valence-corrected chi connectivity index (χ0v) is 6.81. The van der Waals surface area contributed by atoms with Crippen LogP contribution in [0.2, 0.25) is 0 Å². The largest absolute Gasteiger partial charge is 0.367 e. The number of carbonyl (C=O) groups is 1. The van der Waals surface area contributed by atoms with Gasteiger partial charge in [-0.1, -0.05) is 13.8 Å². The Morgan fingerprint density at radius 1 is 1.60 bits per heavy atom. The lowest BCUT2D eigenvalue weighted by Crippen LogP contribution is -2.42. The van der Waals surface area contributed by atoms with E-state index in [9.17, 15) is 4.79 Å². The molecule has 0 aromatic rings. The molecule has 1 fully saturated rings. The number of nitrogens with one attached hydrogen (secondary N) is 1. The standard InChI is InChI=1S/C5H9NO2.C2H6/c1-4-5(7)6-2-3-8-4;1-2/h4H,2-3H2,1H3,(H,6,7);1-2H3/t4-;/m1./s1. The highest BCUT2D eigenvalue weighted by Crippen LogP contribution is 1.93. The van der Waals surface area contributed by atoms with Gasteiger partial charge in [-0.2, -0.15) is 0 Å². The first-order valence-electron chi connectivity index (χ1n) is 3.70. The topological polar surface area (TPSA) is 38.3 Å². The van der Waals surface area contributed by atoms with Crippen LogP contribution in [0.25, 0.3) is 0 Å². The van der Waals surface area contributed by atoms with Crippen molar-refractivity contribution in [3.8, 4) is 0 Å². The van der Waals surface area contributed by atoms with E-state index in [1.54, 1.807) is 6.92 Å². The number of hydrogen-bond acceptors (Lipinski definition) is 2. The van der Waals surface area contributed by atoms with Crippen LogP contribution in [0.4, 0.5) is 0 Å². The molecule has 1 saturated heterocycles. The molecule has 1 aliphatic rings. The molecule has 0 bridgehead atoms. The SMILES string of the molecule is CC.C[C@H]1OCCNC1=O. The molecule has 3 heteroatoms. The van der Waals surface area contributed by atoms with E-state index in [4.69, 9.17) is 4.74 Å². The Kier molecular flexibility index (Phi) is 4.94. The molecule has 1 aliphatic heterocycles. The fourth-order valence-corrected chi connectivity index (χ4v) is 0.629. The van der Waals surface area contributed by atoms with Crippen molar-refractivity contribution < 1.29 is 9.53 Å². The van der Waals surface area contributed by atoms with Crippen LogP contribution in [0.1, 0.15) is 20.8 Å². The summed E-state index contributed by atoms with van der Waals surface area (Å²) in [6.07, 6.45) is -0.247. The summed E-state index contributed by atoms with van der Waals surface area (Å²) >= 11 is 0. The molecular formula is C7H15NO2. The Morgan fingerprint density at radius 2 is 2.20 bits per heavy atom. The van der Waals surface area contributed by atoms with Crippen molar-refractivity contribution in [2.24, 2.45) is 0 Å². The van der Waals surface area contributed by atoms with Gasteiger partial charge in [0.1, 0.15) is 6.10 Å². The average molecular weight is 145 g/mol. The highest BCUT2D eigenvalue weighted by Gasteiger charge is 2.15. The fraction of sp³-hybridized carbons (Fsp3) is 0.857. The van der Waals surface area contributed by atoms with Gasteiger partial charge < -0.3 is 10.1 Å². The molecule has 0 radical (unpaired) electrons. The molecule has 0 saturated carbocycles. The van der Waals surface area contributed by atoms with Gasteiger partial charge in [0.15, 0.2) is 0 Å². The number of ether oxygens (including phenoxy) is 1. The normalized spacial score (nSPS) is 24.3. The molecule has 1 heterocycles. The summed E-state index contributed by atoms with van der Waals surface area (Å²) in [7, 11) is 0. The van der Waals surface area contributed by atoms with E-state index in [1.807, 2.05) is 13.8 Å². The molecule has 3 nitrogen and oxygen atoms in total. The molecule has 10 heavy (non-hydrogen) atoms. The summed E-state index contributed by atoms with van der Waals surface area (Å²) in [6.45, 7) is 7.05. The number of rotatable bonds is 0. The van der Waals surface area contributed by atoms with Crippen LogP contribution >= 0.6 is 0 Å². The van der Waals surface area contributed by atoms with Crippen LogP contribution in [0.3, 0.4) is 0 Å². The maximum Gasteiger partial charge on any atom is 0.248 e. The summed E-state index contributed by atoms with van der Waals surface area (Å²) in [5.41, 5.74) is 0. The smallest absolute Gasteiger partial charge is 0.248 e. The first-order valence-corrected chi connectivity index (χ1v) is 3.70. The maximum atomic E-state index is 10.6. The highest BCUT2D eigenvalue weighted by atomic mass is 16.5. The van der Waals surface area contributed by atoms with Crippen LogP contribution < -0.4 is 5.32 Å². The molecule has 1 atom stereocenters. The van der Waals surface area contributed by atoms with Crippen LogP contribution in [0.15, 0.2) is 0 Å². The van der Waals surface area contributed by atoms with Crippen molar-refractivity contribution in [1.29, 1.82) is 0 Å². The summed E-state index contributed by atoms with van der Waals surface area (Å²) in [4.78, 5) is 10.6. The first kappa shape index (κ1) is 9.43. The van der Waals surface area contributed by atoms with Crippen LogP contribution in [0, 0.1) is 0 Å². The van der Waals surface area contributed by atoms with Gasteiger partial charge in [-0.15, -0.1) is 0 Å². The van der Waals surface area contributed by atoms with Gasteiger partial charge in [-0.05, 0) is 6.92 Å². The Morgan fingerprint density at radius 3 is 2.50 bits per heavy atom. The molecule has 1 N–H and O–H groups in total. The van der Waals surface area contributed by atoms with E-state index in [-0.39, 0.29) is 12.0 Å².